The van der Waals surface area contributed by atoms with E-state index in [-0.39, 0.29) is 0 Å². The molecule has 4 aromatic heterocycles. The number of nitrogens with zero attached hydrogens (tertiary/aromatic N) is 4. The van der Waals surface area contributed by atoms with Crippen LogP contribution in [0, 0.1) is 0 Å². The monoisotopic (exact) mass is 698 g/mol. The van der Waals surface area contributed by atoms with E-state index in [2.05, 4.69) is 78.9 Å². The van der Waals surface area contributed by atoms with Crippen molar-refractivity contribution in [2.45, 2.75) is 0 Å². The van der Waals surface area contributed by atoms with Crippen molar-refractivity contribution >= 4 is 65.4 Å². The second-order valence-electron chi connectivity index (χ2n) is 13.0. The van der Waals surface area contributed by atoms with Gasteiger partial charge in [0.05, 0.1) is 10.2 Å². The fourth-order valence-electron chi connectivity index (χ4n) is 7.25. The first-order chi connectivity index (χ1) is 26.2. The molecule has 0 unspecified atom stereocenters. The summed E-state index contributed by atoms with van der Waals surface area (Å²) in [6, 6.07) is 53.4. The van der Waals surface area contributed by atoms with Gasteiger partial charge in [0.25, 0.3) is 0 Å². The Labute approximate surface area is 306 Å². The summed E-state index contributed by atoms with van der Waals surface area (Å²) in [7, 11) is 0. The van der Waals surface area contributed by atoms with Crippen LogP contribution in [-0.4, -0.2) is 19.9 Å². The molecule has 11 aromatic rings. The van der Waals surface area contributed by atoms with Gasteiger partial charge in [-0.25, -0.2) is 19.9 Å². The molecule has 0 spiro atoms. The third-order valence-corrected chi connectivity index (χ3v) is 10.9. The summed E-state index contributed by atoms with van der Waals surface area (Å²) in [5, 5.41) is 5.14. The molecule has 53 heavy (non-hydrogen) atoms. The van der Waals surface area contributed by atoms with Crippen LogP contribution >= 0.6 is 11.3 Å². The maximum Gasteiger partial charge on any atom is 0.164 e. The molecule has 0 radical (unpaired) electrons. The zero-order valence-corrected chi connectivity index (χ0v) is 28.8. The third kappa shape index (κ3) is 4.93. The molecule has 0 bridgehead atoms. The van der Waals surface area contributed by atoms with Gasteiger partial charge in [-0.1, -0.05) is 133 Å². The van der Waals surface area contributed by atoms with E-state index in [1.54, 1.807) is 11.3 Å². The number of fused-ring (bicyclic) bond motifs is 7. The van der Waals surface area contributed by atoms with Gasteiger partial charge < -0.3 is 8.83 Å². The van der Waals surface area contributed by atoms with Crippen LogP contribution in [0.5, 0.6) is 0 Å². The highest BCUT2D eigenvalue weighted by Crippen LogP contribution is 2.41. The highest BCUT2D eigenvalue weighted by molar-refractivity contribution is 7.21. The van der Waals surface area contributed by atoms with E-state index in [0.717, 1.165) is 92.5 Å². The number of furan rings is 2. The van der Waals surface area contributed by atoms with E-state index < -0.39 is 0 Å². The van der Waals surface area contributed by atoms with Gasteiger partial charge in [0.2, 0.25) is 0 Å². The molecule has 6 nitrogen and oxygen atoms in total. The number of aromatic nitrogens is 4. The molecule has 11 rings (SSSR count). The minimum absolute atomic E-state index is 0.590. The molecule has 0 aliphatic carbocycles. The van der Waals surface area contributed by atoms with E-state index >= 15 is 0 Å². The van der Waals surface area contributed by atoms with Crippen molar-refractivity contribution in [1.82, 2.24) is 19.9 Å². The zero-order chi connectivity index (χ0) is 34.9. The number of benzene rings is 7. The molecule has 0 saturated heterocycles. The van der Waals surface area contributed by atoms with E-state index in [1.165, 1.54) is 0 Å². The fourth-order valence-corrected chi connectivity index (χ4v) is 8.23. The average Bonchev–Trinajstić information content (AvgIpc) is 3.93. The first-order valence-electron chi connectivity index (χ1n) is 17.4. The van der Waals surface area contributed by atoms with E-state index in [4.69, 9.17) is 28.8 Å². The van der Waals surface area contributed by atoms with Crippen molar-refractivity contribution in [3.8, 4) is 55.9 Å². The molecule has 0 N–H and O–H groups in total. The molecule has 0 saturated carbocycles. The number of rotatable bonds is 5. The highest BCUT2D eigenvalue weighted by atomic mass is 32.1. The van der Waals surface area contributed by atoms with Gasteiger partial charge in [0.1, 0.15) is 27.3 Å². The molecule has 0 aliphatic heterocycles. The Morgan fingerprint density at radius 3 is 1.83 bits per heavy atom. The molecule has 0 amide bonds. The maximum absolute atomic E-state index is 6.60. The number of hydrogen-bond acceptors (Lipinski definition) is 7. The minimum atomic E-state index is 0.590. The van der Waals surface area contributed by atoms with Crippen molar-refractivity contribution in [2.24, 2.45) is 0 Å². The fraction of sp³-hybridized carbons (Fsp3) is 0. The summed E-state index contributed by atoms with van der Waals surface area (Å²) in [4.78, 5) is 20.0. The highest BCUT2D eigenvalue weighted by Gasteiger charge is 2.19. The van der Waals surface area contributed by atoms with Crippen molar-refractivity contribution in [3.05, 3.63) is 158 Å². The van der Waals surface area contributed by atoms with Crippen molar-refractivity contribution in [1.29, 1.82) is 0 Å². The van der Waals surface area contributed by atoms with Crippen molar-refractivity contribution in [2.75, 3.05) is 0 Å². The molecule has 7 heteroatoms. The summed E-state index contributed by atoms with van der Waals surface area (Å²) in [5.41, 5.74) is 10.2. The Bertz CT molecular complexity index is 3160. The molecule has 0 atom stereocenters. The van der Waals surface area contributed by atoms with Gasteiger partial charge in [-0.2, -0.15) is 0 Å². The van der Waals surface area contributed by atoms with Gasteiger partial charge in [0, 0.05) is 55.4 Å². The SMILES string of the molecule is c1ccc(-c2nc(-c3ccc(-c4cccc5c4oc4cc6sc(-c7ccccc7)nc6cc45)cc3)nc(-c3cccc4oc5ccccc5c34)n2)cc1. The van der Waals surface area contributed by atoms with Crippen molar-refractivity contribution < 1.29 is 8.83 Å². The third-order valence-electron chi connectivity index (χ3n) is 9.79. The predicted octanol–water partition coefficient (Wildman–Crippen LogP) is 12.6. The average molecular weight is 699 g/mol. The smallest absolute Gasteiger partial charge is 0.164 e. The van der Waals surface area contributed by atoms with Gasteiger partial charge in [-0.3, -0.25) is 0 Å². The second kappa shape index (κ2) is 11.8. The maximum atomic E-state index is 6.60. The van der Waals surface area contributed by atoms with E-state index in [1.807, 2.05) is 78.9 Å². The van der Waals surface area contributed by atoms with E-state index in [9.17, 15) is 0 Å². The van der Waals surface area contributed by atoms with Crippen LogP contribution in [0.4, 0.5) is 0 Å². The molecule has 4 heterocycles. The lowest BCUT2D eigenvalue weighted by molar-refractivity contribution is 0.669. The van der Waals surface area contributed by atoms with Gasteiger partial charge in [-0.05, 0) is 23.8 Å². The quantitative estimate of drug-likeness (QED) is 0.178. The Morgan fingerprint density at radius 1 is 0.396 bits per heavy atom. The number of thiazole rings is 1. The topological polar surface area (TPSA) is 77.8 Å². The van der Waals surface area contributed by atoms with Crippen LogP contribution in [0.2, 0.25) is 0 Å². The van der Waals surface area contributed by atoms with Crippen LogP contribution in [-0.2, 0) is 0 Å². The standard InChI is InChI=1S/C46H26N4O2S/c1-3-11-28(12-4-1)43-48-44(50-45(49-43)34-18-10-20-38-41(34)33-15-7-8-19-37(33)51-38)29-23-21-27(22-24-29)31-16-9-17-32-35-25-36-40(26-39(35)52-42(31)32)53-46(47-36)30-13-5-2-6-14-30/h1-26H. The Balaban J connectivity index is 1.01. The number of para-hydroxylation sites is 2. The Kier molecular flexibility index (Phi) is 6.62. The van der Waals surface area contributed by atoms with Crippen LogP contribution in [0.15, 0.2) is 167 Å². The van der Waals surface area contributed by atoms with E-state index in [0.29, 0.717) is 17.5 Å². The van der Waals surface area contributed by atoms with Crippen molar-refractivity contribution in [3.63, 3.8) is 0 Å². The lowest BCUT2D eigenvalue weighted by Gasteiger charge is -2.10. The Morgan fingerprint density at radius 2 is 1.02 bits per heavy atom. The lowest BCUT2D eigenvalue weighted by Crippen LogP contribution is -2.00. The zero-order valence-electron chi connectivity index (χ0n) is 28.0. The molecular formula is C46H26N4O2S. The summed E-state index contributed by atoms with van der Waals surface area (Å²) in [6.07, 6.45) is 0. The summed E-state index contributed by atoms with van der Waals surface area (Å²) in [5.74, 6) is 1.79. The summed E-state index contributed by atoms with van der Waals surface area (Å²) >= 11 is 1.68. The number of hydrogen-bond donors (Lipinski definition) is 0. The Hall–Kier alpha value is -6.96. The predicted molar refractivity (Wildman–Crippen MR) is 215 cm³/mol. The normalized spacial score (nSPS) is 11.8. The second-order valence-corrected chi connectivity index (χ2v) is 14.0. The largest absolute Gasteiger partial charge is 0.456 e. The lowest BCUT2D eigenvalue weighted by atomic mass is 10.0. The summed E-state index contributed by atoms with van der Waals surface area (Å²) in [6.45, 7) is 0. The van der Waals surface area contributed by atoms with Crippen LogP contribution in [0.3, 0.4) is 0 Å². The first kappa shape index (κ1) is 29.7. The molecule has 0 fully saturated rings. The van der Waals surface area contributed by atoms with Crippen LogP contribution in [0.1, 0.15) is 0 Å². The molecule has 248 valence electrons. The molecule has 0 aliphatic rings. The first-order valence-corrected chi connectivity index (χ1v) is 18.2. The van der Waals surface area contributed by atoms with Gasteiger partial charge in [0.15, 0.2) is 17.5 Å². The summed E-state index contributed by atoms with van der Waals surface area (Å²) < 4.78 is 13.9. The molecular weight excluding hydrogens is 673 g/mol. The van der Waals surface area contributed by atoms with Crippen LogP contribution < -0.4 is 0 Å². The van der Waals surface area contributed by atoms with Gasteiger partial charge in [-0.15, -0.1) is 11.3 Å². The molecule has 7 aromatic carbocycles. The van der Waals surface area contributed by atoms with Gasteiger partial charge >= 0.3 is 0 Å². The minimum Gasteiger partial charge on any atom is -0.456 e. The van der Waals surface area contributed by atoms with Crippen LogP contribution in [0.25, 0.3) is 110 Å².